The van der Waals surface area contributed by atoms with Crippen molar-refractivity contribution in [3.8, 4) is 28.6 Å². The third-order valence-electron chi connectivity index (χ3n) is 3.80. The lowest BCUT2D eigenvalue weighted by molar-refractivity contribution is 0.242. The molecule has 4 rings (SSSR count). The first-order valence-corrected chi connectivity index (χ1v) is 8.36. The molecular formula is C19H16ClN3O2. The van der Waals surface area contributed by atoms with E-state index in [0.717, 1.165) is 22.0 Å². The molecule has 0 aliphatic rings. The number of hydrogen-bond acceptors (Lipinski definition) is 4. The number of rotatable bonds is 4. The van der Waals surface area contributed by atoms with Crippen molar-refractivity contribution in [2.24, 2.45) is 0 Å². The van der Waals surface area contributed by atoms with Gasteiger partial charge in [-0.1, -0.05) is 22.8 Å². The number of hydrogen-bond donors (Lipinski definition) is 1. The maximum Gasteiger partial charge on any atom is 0.258 e. The Hall–Kier alpha value is -2.79. The zero-order chi connectivity index (χ0) is 17.4. The molecule has 0 atom stereocenters. The molecule has 0 spiro atoms. The van der Waals surface area contributed by atoms with Crippen LogP contribution in [0.5, 0.6) is 5.75 Å². The second kappa shape index (κ2) is 6.26. The van der Waals surface area contributed by atoms with Gasteiger partial charge in [-0.25, -0.2) is 0 Å². The van der Waals surface area contributed by atoms with Gasteiger partial charge in [0.1, 0.15) is 5.75 Å². The minimum atomic E-state index is 0.0574. The summed E-state index contributed by atoms with van der Waals surface area (Å²) in [4.78, 5) is 7.70. The standard InChI is InChI=1S/C19H16ClN3O2/c1-11(2)24-17-7-6-12(10-15(17)20)18-22-19(25-23-18)14-4-3-5-16-13(14)8-9-21-16/h3-11,21H,1-2H3. The molecule has 0 radical (unpaired) electrons. The normalized spacial score (nSPS) is 11.4. The molecule has 0 bridgehead atoms. The second-order valence-corrected chi connectivity index (χ2v) is 6.39. The Kier molecular flexibility index (Phi) is 3.93. The lowest BCUT2D eigenvalue weighted by atomic mass is 10.1. The summed E-state index contributed by atoms with van der Waals surface area (Å²) in [6.07, 6.45) is 1.94. The predicted molar refractivity (Wildman–Crippen MR) is 97.8 cm³/mol. The van der Waals surface area contributed by atoms with E-state index in [1.165, 1.54) is 0 Å². The van der Waals surface area contributed by atoms with Gasteiger partial charge in [-0.05, 0) is 50.2 Å². The summed E-state index contributed by atoms with van der Waals surface area (Å²) in [5.41, 5.74) is 2.69. The Morgan fingerprint density at radius 3 is 2.84 bits per heavy atom. The third-order valence-corrected chi connectivity index (χ3v) is 4.10. The zero-order valence-electron chi connectivity index (χ0n) is 13.8. The number of benzene rings is 2. The fourth-order valence-corrected chi connectivity index (χ4v) is 2.94. The van der Waals surface area contributed by atoms with E-state index in [1.807, 2.05) is 56.4 Å². The monoisotopic (exact) mass is 353 g/mol. The van der Waals surface area contributed by atoms with Crippen LogP contribution in [0.25, 0.3) is 33.7 Å². The average molecular weight is 354 g/mol. The number of fused-ring (bicyclic) bond motifs is 1. The first kappa shape index (κ1) is 15.7. The summed E-state index contributed by atoms with van der Waals surface area (Å²) in [5.74, 6) is 1.60. The Labute approximate surface area is 149 Å². The number of aromatic amines is 1. The maximum absolute atomic E-state index is 6.30. The summed E-state index contributed by atoms with van der Waals surface area (Å²) >= 11 is 6.30. The van der Waals surface area contributed by atoms with Crippen molar-refractivity contribution in [2.45, 2.75) is 20.0 Å². The highest BCUT2D eigenvalue weighted by Crippen LogP contribution is 2.32. The highest BCUT2D eigenvalue weighted by molar-refractivity contribution is 6.32. The Morgan fingerprint density at radius 1 is 1.16 bits per heavy atom. The quantitative estimate of drug-likeness (QED) is 0.539. The van der Waals surface area contributed by atoms with Crippen LogP contribution in [0.15, 0.2) is 53.2 Å². The molecule has 0 aliphatic heterocycles. The van der Waals surface area contributed by atoms with Crippen molar-refractivity contribution in [1.29, 1.82) is 0 Å². The van der Waals surface area contributed by atoms with E-state index in [4.69, 9.17) is 20.9 Å². The molecule has 2 aromatic heterocycles. The molecule has 5 nitrogen and oxygen atoms in total. The van der Waals surface area contributed by atoms with Crippen molar-refractivity contribution < 1.29 is 9.26 Å². The van der Waals surface area contributed by atoms with Crippen molar-refractivity contribution >= 4 is 22.5 Å². The van der Waals surface area contributed by atoms with Gasteiger partial charge in [-0.3, -0.25) is 0 Å². The fourth-order valence-electron chi connectivity index (χ4n) is 2.71. The van der Waals surface area contributed by atoms with E-state index >= 15 is 0 Å². The number of ether oxygens (including phenoxy) is 1. The maximum atomic E-state index is 6.30. The molecule has 1 N–H and O–H groups in total. The number of nitrogens with one attached hydrogen (secondary N) is 1. The minimum Gasteiger partial charge on any atom is -0.489 e. The van der Waals surface area contributed by atoms with Crippen molar-refractivity contribution in [2.75, 3.05) is 0 Å². The summed E-state index contributed by atoms with van der Waals surface area (Å²) in [7, 11) is 0. The van der Waals surface area contributed by atoms with Gasteiger partial charge in [0.2, 0.25) is 5.82 Å². The summed E-state index contributed by atoms with van der Waals surface area (Å²) in [6.45, 7) is 3.91. The lowest BCUT2D eigenvalue weighted by Gasteiger charge is -2.11. The summed E-state index contributed by atoms with van der Waals surface area (Å²) in [5, 5.41) is 5.65. The molecular weight excluding hydrogens is 338 g/mol. The smallest absolute Gasteiger partial charge is 0.258 e. The minimum absolute atomic E-state index is 0.0574. The van der Waals surface area contributed by atoms with Crippen LogP contribution in [-0.2, 0) is 0 Å². The SMILES string of the molecule is CC(C)Oc1ccc(-c2noc(-c3cccc4[nH]ccc34)n2)cc1Cl. The predicted octanol–water partition coefficient (Wildman–Crippen LogP) is 5.33. The van der Waals surface area contributed by atoms with E-state index in [1.54, 1.807) is 6.07 Å². The Bertz CT molecular complexity index is 1040. The third kappa shape index (κ3) is 2.98. The van der Waals surface area contributed by atoms with Crippen LogP contribution in [0.2, 0.25) is 5.02 Å². The van der Waals surface area contributed by atoms with Crippen LogP contribution in [0, 0.1) is 0 Å². The number of halogens is 1. The number of H-pyrrole nitrogens is 1. The molecule has 25 heavy (non-hydrogen) atoms. The molecule has 0 aliphatic carbocycles. The first-order valence-electron chi connectivity index (χ1n) is 7.98. The van der Waals surface area contributed by atoms with E-state index < -0.39 is 0 Å². The fraction of sp³-hybridized carbons (Fsp3) is 0.158. The van der Waals surface area contributed by atoms with Crippen LogP contribution in [0.3, 0.4) is 0 Å². The molecule has 0 unspecified atom stereocenters. The van der Waals surface area contributed by atoms with Crippen molar-refractivity contribution in [1.82, 2.24) is 15.1 Å². The van der Waals surface area contributed by atoms with Gasteiger partial charge >= 0.3 is 0 Å². The largest absolute Gasteiger partial charge is 0.489 e. The van der Waals surface area contributed by atoms with Gasteiger partial charge in [0.05, 0.1) is 11.1 Å². The van der Waals surface area contributed by atoms with E-state index in [0.29, 0.717) is 22.5 Å². The van der Waals surface area contributed by atoms with E-state index in [9.17, 15) is 0 Å². The molecule has 2 aromatic carbocycles. The highest BCUT2D eigenvalue weighted by Gasteiger charge is 2.15. The van der Waals surface area contributed by atoms with Gasteiger partial charge < -0.3 is 14.2 Å². The van der Waals surface area contributed by atoms with Gasteiger partial charge in [-0.15, -0.1) is 0 Å². The Morgan fingerprint density at radius 2 is 2.04 bits per heavy atom. The average Bonchev–Trinajstić information content (AvgIpc) is 3.24. The van der Waals surface area contributed by atoms with Crippen LogP contribution < -0.4 is 4.74 Å². The Balaban J connectivity index is 1.70. The molecule has 6 heteroatoms. The first-order chi connectivity index (χ1) is 12.1. The molecule has 4 aromatic rings. The molecule has 0 amide bonds. The van der Waals surface area contributed by atoms with Crippen molar-refractivity contribution in [3.63, 3.8) is 0 Å². The van der Waals surface area contributed by atoms with E-state index in [-0.39, 0.29) is 6.10 Å². The van der Waals surface area contributed by atoms with Gasteiger partial charge in [-0.2, -0.15) is 4.98 Å². The second-order valence-electron chi connectivity index (χ2n) is 5.98. The lowest BCUT2D eigenvalue weighted by Crippen LogP contribution is -2.05. The van der Waals surface area contributed by atoms with Crippen LogP contribution >= 0.6 is 11.6 Å². The topological polar surface area (TPSA) is 63.9 Å². The van der Waals surface area contributed by atoms with Crippen molar-refractivity contribution in [3.05, 3.63) is 53.7 Å². The van der Waals surface area contributed by atoms with Crippen LogP contribution in [-0.4, -0.2) is 21.2 Å². The van der Waals surface area contributed by atoms with Gasteiger partial charge in [0.25, 0.3) is 5.89 Å². The number of aromatic nitrogens is 3. The zero-order valence-corrected chi connectivity index (χ0v) is 14.5. The molecule has 0 saturated heterocycles. The van der Waals surface area contributed by atoms with Crippen LogP contribution in [0.1, 0.15) is 13.8 Å². The van der Waals surface area contributed by atoms with Gasteiger partial charge in [0, 0.05) is 28.2 Å². The summed E-state index contributed by atoms with van der Waals surface area (Å²) < 4.78 is 11.1. The molecule has 0 fully saturated rings. The van der Waals surface area contributed by atoms with E-state index in [2.05, 4.69) is 15.1 Å². The number of nitrogens with zero attached hydrogens (tertiary/aromatic N) is 2. The van der Waals surface area contributed by atoms with Gasteiger partial charge in [0.15, 0.2) is 0 Å². The highest BCUT2D eigenvalue weighted by atomic mass is 35.5. The molecule has 0 saturated carbocycles. The van der Waals surface area contributed by atoms with Crippen LogP contribution in [0.4, 0.5) is 0 Å². The summed E-state index contributed by atoms with van der Waals surface area (Å²) in [6, 6.07) is 13.4. The molecule has 2 heterocycles. The molecule has 126 valence electrons.